The van der Waals surface area contributed by atoms with E-state index in [9.17, 15) is 0 Å². The predicted octanol–water partition coefficient (Wildman–Crippen LogP) is 1.88. The van der Waals surface area contributed by atoms with Crippen molar-refractivity contribution in [1.82, 2.24) is 0 Å². The zero-order chi connectivity index (χ0) is 6.04. The first-order chi connectivity index (χ1) is 3.77. The molecule has 0 N–H and O–H groups in total. The molecule has 1 saturated heterocycles. The molecule has 0 bridgehead atoms. The minimum atomic E-state index is 0.153. The first-order valence-corrected chi connectivity index (χ1v) is 3.94. The average molecular weight is 132 g/mol. The Balaban J connectivity index is 2.40. The van der Waals surface area contributed by atoms with Crippen molar-refractivity contribution in [2.45, 2.75) is 24.7 Å². The molecule has 1 aliphatic rings. The maximum absolute atomic E-state index is 5.26. The van der Waals surface area contributed by atoms with Gasteiger partial charge in [-0.25, -0.2) is 0 Å². The van der Waals surface area contributed by atoms with Crippen LogP contribution in [0.2, 0.25) is 0 Å². The van der Waals surface area contributed by atoms with Gasteiger partial charge < -0.3 is 4.74 Å². The fourth-order valence-electron chi connectivity index (χ4n) is 0.915. The molecule has 0 spiro atoms. The van der Waals surface area contributed by atoms with Crippen molar-refractivity contribution in [3.8, 4) is 0 Å². The van der Waals surface area contributed by atoms with E-state index in [-0.39, 0.29) is 4.93 Å². The maximum Gasteiger partial charge on any atom is 0.110 e. The minimum Gasteiger partial charge on any atom is -0.368 e. The summed E-state index contributed by atoms with van der Waals surface area (Å²) in [6.45, 7) is 2.16. The second-order valence-corrected chi connectivity index (χ2v) is 3.85. The molecule has 1 nitrogen and oxygen atoms in total. The number of thioether (sulfide) groups is 1. The Morgan fingerprint density at radius 3 is 2.62 bits per heavy atom. The van der Waals surface area contributed by atoms with Crippen molar-refractivity contribution in [1.29, 1.82) is 0 Å². The highest BCUT2D eigenvalue weighted by Crippen LogP contribution is 2.37. The van der Waals surface area contributed by atoms with Crippen LogP contribution in [0.5, 0.6) is 0 Å². The van der Waals surface area contributed by atoms with Crippen LogP contribution in [-0.4, -0.2) is 17.8 Å². The van der Waals surface area contributed by atoms with Crippen molar-refractivity contribution in [3.63, 3.8) is 0 Å². The second kappa shape index (κ2) is 2.28. The van der Waals surface area contributed by atoms with Gasteiger partial charge in [-0.15, -0.1) is 11.8 Å². The van der Waals surface area contributed by atoms with E-state index in [2.05, 4.69) is 6.92 Å². The summed E-state index contributed by atoms with van der Waals surface area (Å²) in [7, 11) is 1.79. The van der Waals surface area contributed by atoms with Gasteiger partial charge in [0.2, 0.25) is 0 Å². The molecule has 1 rings (SSSR count). The summed E-state index contributed by atoms with van der Waals surface area (Å²) in [5.74, 6) is 1.27. The van der Waals surface area contributed by atoms with Crippen LogP contribution in [0.25, 0.3) is 0 Å². The number of hydrogen-bond acceptors (Lipinski definition) is 2. The third kappa shape index (κ3) is 1.17. The molecule has 8 heavy (non-hydrogen) atoms. The maximum atomic E-state index is 5.26. The van der Waals surface area contributed by atoms with Gasteiger partial charge in [0.05, 0.1) is 0 Å². The summed E-state index contributed by atoms with van der Waals surface area (Å²) >= 11 is 1.92. The fraction of sp³-hybridized carbons (Fsp3) is 1.00. The first kappa shape index (κ1) is 6.43. The van der Waals surface area contributed by atoms with Crippen LogP contribution >= 0.6 is 11.8 Å². The van der Waals surface area contributed by atoms with Gasteiger partial charge in [-0.05, 0) is 25.5 Å². The highest BCUT2D eigenvalue weighted by atomic mass is 32.2. The lowest BCUT2D eigenvalue weighted by molar-refractivity contribution is 0.0854. The van der Waals surface area contributed by atoms with Crippen LogP contribution in [-0.2, 0) is 4.74 Å². The smallest absolute Gasteiger partial charge is 0.110 e. The predicted molar refractivity (Wildman–Crippen MR) is 37.1 cm³/mol. The second-order valence-electron chi connectivity index (χ2n) is 2.29. The Morgan fingerprint density at radius 1 is 1.62 bits per heavy atom. The van der Waals surface area contributed by atoms with Crippen LogP contribution in [0.15, 0.2) is 0 Å². The lowest BCUT2D eigenvalue weighted by Gasteiger charge is -2.19. The Morgan fingerprint density at radius 2 is 2.38 bits per heavy atom. The number of ether oxygens (including phenoxy) is 1. The number of hydrogen-bond donors (Lipinski definition) is 0. The van der Waals surface area contributed by atoms with E-state index in [1.165, 1.54) is 18.6 Å². The van der Waals surface area contributed by atoms with Crippen molar-refractivity contribution in [2.75, 3.05) is 12.9 Å². The zero-order valence-corrected chi connectivity index (χ0v) is 6.25. The molecule has 1 aliphatic heterocycles. The molecule has 48 valence electrons. The average Bonchev–Trinajstić information content (AvgIpc) is 2.17. The van der Waals surface area contributed by atoms with Crippen molar-refractivity contribution in [2.24, 2.45) is 0 Å². The molecule has 0 amide bonds. The Kier molecular flexibility index (Phi) is 1.83. The standard InChI is InChI=1S/C6H12OS/c1-6(7-2)4-3-5-8-6/h3-5H2,1-2H3. The van der Waals surface area contributed by atoms with E-state index >= 15 is 0 Å². The van der Waals surface area contributed by atoms with Crippen molar-refractivity contribution >= 4 is 11.8 Å². The van der Waals surface area contributed by atoms with Gasteiger partial charge in [-0.3, -0.25) is 0 Å². The van der Waals surface area contributed by atoms with E-state index in [0.717, 1.165) is 0 Å². The van der Waals surface area contributed by atoms with Gasteiger partial charge in [0.1, 0.15) is 4.93 Å². The molecule has 0 aromatic heterocycles. The monoisotopic (exact) mass is 132 g/mol. The SMILES string of the molecule is COC1(C)CCCS1. The normalized spacial score (nSPS) is 38.2. The molecule has 0 radical (unpaired) electrons. The van der Waals surface area contributed by atoms with Crippen molar-refractivity contribution < 1.29 is 4.74 Å². The number of rotatable bonds is 1. The van der Waals surface area contributed by atoms with Crippen LogP contribution < -0.4 is 0 Å². The van der Waals surface area contributed by atoms with Crippen LogP contribution in [0.3, 0.4) is 0 Å². The molecular formula is C6H12OS. The molecule has 1 fully saturated rings. The molecular weight excluding hydrogens is 120 g/mol. The van der Waals surface area contributed by atoms with Crippen LogP contribution in [0.1, 0.15) is 19.8 Å². The summed E-state index contributed by atoms with van der Waals surface area (Å²) in [6.07, 6.45) is 2.53. The zero-order valence-electron chi connectivity index (χ0n) is 5.44. The first-order valence-electron chi connectivity index (χ1n) is 2.96. The molecule has 1 atom stereocenters. The quantitative estimate of drug-likeness (QED) is 0.538. The van der Waals surface area contributed by atoms with E-state index in [1.54, 1.807) is 7.11 Å². The summed E-state index contributed by atoms with van der Waals surface area (Å²) in [4.78, 5) is 0.153. The minimum absolute atomic E-state index is 0.153. The molecule has 0 aliphatic carbocycles. The Bertz CT molecular complexity index is 76.6. The van der Waals surface area contributed by atoms with Crippen LogP contribution in [0.4, 0.5) is 0 Å². The van der Waals surface area contributed by atoms with E-state index in [0.29, 0.717) is 0 Å². The van der Waals surface area contributed by atoms with Gasteiger partial charge in [-0.1, -0.05) is 0 Å². The Hall–Kier alpha value is 0.310. The summed E-state index contributed by atoms with van der Waals surface area (Å²) in [6, 6.07) is 0. The molecule has 0 aromatic rings. The lowest BCUT2D eigenvalue weighted by Crippen LogP contribution is -2.17. The summed E-state index contributed by atoms with van der Waals surface area (Å²) in [5, 5.41) is 0. The van der Waals surface area contributed by atoms with E-state index < -0.39 is 0 Å². The third-order valence-corrected chi connectivity index (χ3v) is 3.09. The van der Waals surface area contributed by atoms with Gasteiger partial charge in [-0.2, -0.15) is 0 Å². The van der Waals surface area contributed by atoms with E-state index in [4.69, 9.17) is 4.74 Å². The fourth-order valence-corrected chi connectivity index (χ4v) is 2.04. The molecule has 0 aromatic carbocycles. The van der Waals surface area contributed by atoms with E-state index in [1.807, 2.05) is 11.8 Å². The lowest BCUT2D eigenvalue weighted by atomic mass is 10.2. The van der Waals surface area contributed by atoms with Gasteiger partial charge >= 0.3 is 0 Å². The van der Waals surface area contributed by atoms with Crippen LogP contribution in [0, 0.1) is 0 Å². The summed E-state index contributed by atoms with van der Waals surface area (Å²) in [5.41, 5.74) is 0. The van der Waals surface area contributed by atoms with Gasteiger partial charge in [0.15, 0.2) is 0 Å². The highest BCUT2D eigenvalue weighted by Gasteiger charge is 2.28. The topological polar surface area (TPSA) is 9.23 Å². The molecule has 0 saturated carbocycles. The molecule has 2 heteroatoms. The largest absolute Gasteiger partial charge is 0.368 e. The molecule has 1 unspecified atom stereocenters. The Labute approximate surface area is 54.8 Å². The van der Waals surface area contributed by atoms with Gasteiger partial charge in [0, 0.05) is 7.11 Å². The number of methoxy groups -OCH3 is 1. The third-order valence-electron chi connectivity index (χ3n) is 1.61. The van der Waals surface area contributed by atoms with Crippen molar-refractivity contribution in [3.05, 3.63) is 0 Å². The molecule has 1 heterocycles. The van der Waals surface area contributed by atoms with Gasteiger partial charge in [0.25, 0.3) is 0 Å². The highest BCUT2D eigenvalue weighted by molar-refractivity contribution is 8.00. The summed E-state index contributed by atoms with van der Waals surface area (Å²) < 4.78 is 5.26.